The molecule has 3 amide bonds. The maximum absolute atomic E-state index is 13.4. The lowest BCUT2D eigenvalue weighted by atomic mass is 9.85. The fourth-order valence-corrected chi connectivity index (χ4v) is 5.12. The van der Waals surface area contributed by atoms with Gasteiger partial charge in [0.1, 0.15) is 12.4 Å². The molecule has 1 aliphatic heterocycles. The highest BCUT2D eigenvalue weighted by Crippen LogP contribution is 2.52. The Morgan fingerprint density at radius 2 is 1.62 bits per heavy atom. The molecule has 34 heavy (non-hydrogen) atoms. The Hall–Kier alpha value is -4.21. The number of allylic oxidation sites excluding steroid dienone is 2. The molecule has 0 N–H and O–H groups in total. The Labute approximate surface area is 192 Å². The minimum atomic E-state index is -0.902. The van der Waals surface area contributed by atoms with E-state index in [4.69, 9.17) is 0 Å². The van der Waals surface area contributed by atoms with Gasteiger partial charge >= 0.3 is 0 Å². The van der Waals surface area contributed by atoms with Gasteiger partial charge in [0.2, 0.25) is 0 Å². The van der Waals surface area contributed by atoms with E-state index >= 15 is 0 Å². The predicted octanol–water partition coefficient (Wildman–Crippen LogP) is 2.78. The number of halogens is 1. The van der Waals surface area contributed by atoms with Gasteiger partial charge in [0, 0.05) is 23.3 Å². The maximum Gasteiger partial charge on any atom is 0.273 e. The maximum atomic E-state index is 13.4. The Kier molecular flexibility index (Phi) is 5.07. The van der Waals surface area contributed by atoms with Crippen LogP contribution in [0.1, 0.15) is 27.1 Å². The number of carbonyl (C=O) groups excluding carboxylic acids is 4. The van der Waals surface area contributed by atoms with Crippen LogP contribution in [0.5, 0.6) is 0 Å². The number of hydrogen-bond donors (Lipinski definition) is 0. The molecule has 0 radical (unpaired) electrons. The van der Waals surface area contributed by atoms with Gasteiger partial charge in [0.25, 0.3) is 23.4 Å². The van der Waals surface area contributed by atoms with Crippen LogP contribution in [0.2, 0.25) is 0 Å². The van der Waals surface area contributed by atoms with Crippen LogP contribution in [-0.2, 0) is 9.59 Å². The molecule has 1 saturated carbocycles. The second kappa shape index (κ2) is 7.98. The zero-order valence-electron chi connectivity index (χ0n) is 17.7. The number of imide groups is 1. The van der Waals surface area contributed by atoms with E-state index < -0.39 is 52.6 Å². The molecule has 2 fully saturated rings. The largest absolute Gasteiger partial charge is 0.292 e. The fraction of sp³-hybridized carbons (Fsp3) is 0.250. The fourth-order valence-electron chi connectivity index (χ4n) is 5.12. The highest BCUT2D eigenvalue weighted by molar-refractivity contribution is 6.10. The van der Waals surface area contributed by atoms with Gasteiger partial charge in [0.05, 0.1) is 16.8 Å². The standard InChI is InChI=1S/C24H18FN3O6/c25-17-8-6-13(7-9-17)19(29)12-26(22(30)16-2-1-3-18(11-16)28(33)34)27-23(31)20-14-4-5-15(10-14)21(20)24(27)32/h1-9,11,14-15,20-21H,10,12H2/t14-,15-,20+,21+/m0/s1. The van der Waals surface area contributed by atoms with Crippen molar-refractivity contribution in [1.29, 1.82) is 0 Å². The summed E-state index contributed by atoms with van der Waals surface area (Å²) >= 11 is 0. The summed E-state index contributed by atoms with van der Waals surface area (Å²) in [6.07, 6.45) is 4.49. The lowest BCUT2D eigenvalue weighted by Crippen LogP contribution is -2.52. The van der Waals surface area contributed by atoms with Gasteiger partial charge < -0.3 is 0 Å². The van der Waals surface area contributed by atoms with Gasteiger partial charge in [-0.15, -0.1) is 0 Å². The van der Waals surface area contributed by atoms with Crippen LogP contribution >= 0.6 is 0 Å². The highest BCUT2D eigenvalue weighted by atomic mass is 19.1. The molecule has 1 saturated heterocycles. The Morgan fingerprint density at radius 3 is 2.21 bits per heavy atom. The Bertz CT molecular complexity index is 1240. The second-order valence-electron chi connectivity index (χ2n) is 8.59. The van der Waals surface area contributed by atoms with E-state index in [1.54, 1.807) is 0 Å². The molecular weight excluding hydrogens is 445 g/mol. The number of hydrazine groups is 1. The number of nitrogens with zero attached hydrogens (tertiary/aromatic N) is 3. The van der Waals surface area contributed by atoms with Crippen molar-refractivity contribution >= 4 is 29.2 Å². The Morgan fingerprint density at radius 1 is 1.00 bits per heavy atom. The Balaban J connectivity index is 1.51. The summed E-state index contributed by atoms with van der Waals surface area (Å²) in [4.78, 5) is 63.5. The number of hydrogen-bond acceptors (Lipinski definition) is 6. The molecule has 4 atom stereocenters. The van der Waals surface area contributed by atoms with Crippen LogP contribution < -0.4 is 0 Å². The van der Waals surface area contributed by atoms with E-state index in [1.165, 1.54) is 30.3 Å². The topological polar surface area (TPSA) is 118 Å². The third kappa shape index (κ3) is 3.38. The molecule has 0 aromatic heterocycles. The zero-order valence-corrected chi connectivity index (χ0v) is 17.7. The smallest absolute Gasteiger partial charge is 0.273 e. The summed E-state index contributed by atoms with van der Waals surface area (Å²) in [5.74, 6) is -4.67. The normalized spacial score (nSPS) is 24.4. The molecule has 2 aromatic rings. The number of rotatable bonds is 6. The van der Waals surface area contributed by atoms with Crippen LogP contribution in [0.4, 0.5) is 10.1 Å². The van der Waals surface area contributed by atoms with Gasteiger partial charge in [-0.05, 0) is 48.6 Å². The summed E-state index contributed by atoms with van der Waals surface area (Å²) in [7, 11) is 0. The molecule has 10 heteroatoms. The first-order valence-electron chi connectivity index (χ1n) is 10.7. The lowest BCUT2D eigenvalue weighted by Gasteiger charge is -2.30. The third-order valence-electron chi connectivity index (χ3n) is 6.69. The number of carbonyl (C=O) groups is 4. The number of Topliss-reactive ketones (excluding diaryl/α,β-unsaturated/α-hetero) is 1. The van der Waals surface area contributed by atoms with E-state index in [0.717, 1.165) is 28.2 Å². The number of ketones is 1. The number of fused-ring (bicyclic) bond motifs is 5. The van der Waals surface area contributed by atoms with Crippen LogP contribution in [-0.4, -0.2) is 45.0 Å². The van der Waals surface area contributed by atoms with E-state index in [-0.39, 0.29) is 28.7 Å². The average Bonchev–Trinajstić information content (AvgIpc) is 3.51. The van der Waals surface area contributed by atoms with Gasteiger partial charge in [-0.25, -0.2) is 9.40 Å². The summed E-state index contributed by atoms with van der Waals surface area (Å²) in [5, 5.41) is 12.7. The number of non-ortho nitro benzene ring substituents is 1. The summed E-state index contributed by atoms with van der Waals surface area (Å²) in [5.41, 5.74) is -0.423. The minimum Gasteiger partial charge on any atom is -0.292 e. The molecular formula is C24H18FN3O6. The van der Waals surface area contributed by atoms with E-state index in [2.05, 4.69) is 0 Å². The van der Waals surface area contributed by atoms with Crippen molar-refractivity contribution in [2.24, 2.45) is 23.7 Å². The molecule has 2 bridgehead atoms. The van der Waals surface area contributed by atoms with Gasteiger partial charge in [0.15, 0.2) is 5.78 Å². The first-order chi connectivity index (χ1) is 16.3. The van der Waals surface area contributed by atoms with E-state index in [1.807, 2.05) is 12.2 Å². The van der Waals surface area contributed by atoms with Crippen LogP contribution in [0.15, 0.2) is 60.7 Å². The van der Waals surface area contributed by atoms with Crippen molar-refractivity contribution in [3.63, 3.8) is 0 Å². The van der Waals surface area contributed by atoms with Crippen molar-refractivity contribution in [3.05, 3.63) is 87.7 Å². The predicted molar refractivity (Wildman–Crippen MR) is 114 cm³/mol. The summed E-state index contributed by atoms with van der Waals surface area (Å²) in [6.45, 7) is -0.674. The summed E-state index contributed by atoms with van der Waals surface area (Å²) in [6, 6.07) is 9.47. The van der Waals surface area contributed by atoms with E-state index in [9.17, 15) is 33.7 Å². The molecule has 3 aliphatic rings. The number of amides is 3. The van der Waals surface area contributed by atoms with Crippen LogP contribution in [0.3, 0.4) is 0 Å². The molecule has 5 rings (SSSR count). The molecule has 0 unspecified atom stereocenters. The van der Waals surface area contributed by atoms with Crippen molar-refractivity contribution in [1.82, 2.24) is 10.0 Å². The monoisotopic (exact) mass is 463 g/mol. The van der Waals surface area contributed by atoms with E-state index in [0.29, 0.717) is 6.42 Å². The molecule has 1 heterocycles. The number of nitro groups is 1. The van der Waals surface area contributed by atoms with Crippen molar-refractivity contribution < 1.29 is 28.5 Å². The lowest BCUT2D eigenvalue weighted by molar-refractivity contribution is -0.384. The van der Waals surface area contributed by atoms with Gasteiger partial charge in [-0.2, -0.15) is 5.01 Å². The van der Waals surface area contributed by atoms with Crippen molar-refractivity contribution in [2.45, 2.75) is 6.42 Å². The SMILES string of the molecule is O=C(CN(C(=O)c1cccc([N+](=O)[O-])c1)N1C(=O)[C@H]2[C@H](C1=O)[C@H]1C=C[C@H]2C1)c1ccc(F)cc1. The van der Waals surface area contributed by atoms with Gasteiger partial charge in [-0.3, -0.25) is 29.3 Å². The van der Waals surface area contributed by atoms with Crippen molar-refractivity contribution in [2.75, 3.05) is 6.54 Å². The highest BCUT2D eigenvalue weighted by Gasteiger charge is 2.61. The second-order valence-corrected chi connectivity index (χ2v) is 8.59. The molecule has 2 aliphatic carbocycles. The van der Waals surface area contributed by atoms with Crippen LogP contribution in [0.25, 0.3) is 0 Å². The molecule has 9 nitrogen and oxygen atoms in total. The summed E-state index contributed by atoms with van der Waals surface area (Å²) < 4.78 is 13.3. The molecule has 2 aromatic carbocycles. The van der Waals surface area contributed by atoms with Gasteiger partial charge in [-0.1, -0.05) is 18.2 Å². The zero-order chi connectivity index (χ0) is 24.1. The minimum absolute atomic E-state index is 0.0827. The first-order valence-corrected chi connectivity index (χ1v) is 10.7. The molecule has 172 valence electrons. The average molecular weight is 463 g/mol. The number of nitro benzene ring substituents is 1. The third-order valence-corrected chi connectivity index (χ3v) is 6.69. The first kappa shape index (κ1) is 21.6. The number of benzene rings is 2. The molecule has 0 spiro atoms. The van der Waals surface area contributed by atoms with Crippen LogP contribution in [0, 0.1) is 39.6 Å². The quantitative estimate of drug-likeness (QED) is 0.214. The van der Waals surface area contributed by atoms with Crippen molar-refractivity contribution in [3.8, 4) is 0 Å².